The first-order valence-corrected chi connectivity index (χ1v) is 10.1. The zero-order valence-corrected chi connectivity index (χ0v) is 17.8. The number of aliphatic hydroxyl groups excluding tert-OH is 1. The Bertz CT molecular complexity index is 1230. The number of aromatic hydroxyl groups is 1. The molecule has 3 aromatic rings. The third kappa shape index (κ3) is 3.90. The second kappa shape index (κ2) is 8.72. The van der Waals surface area contributed by atoms with Crippen molar-refractivity contribution < 1.29 is 24.5 Å². The highest BCUT2D eigenvalue weighted by Gasteiger charge is 2.46. The number of ketones is 1. The van der Waals surface area contributed by atoms with Gasteiger partial charge in [0, 0.05) is 24.5 Å². The highest BCUT2D eigenvalue weighted by Crippen LogP contribution is 2.41. The number of nitrogens with zero attached hydrogens (tertiary/aromatic N) is 2. The van der Waals surface area contributed by atoms with Gasteiger partial charge in [0.2, 0.25) is 0 Å². The molecular weight excluding hydrogens is 432 g/mol. The molecule has 1 fully saturated rings. The Hall–Kier alpha value is -3.84. The number of pyridine rings is 1. The number of aliphatic hydroxyl groups is 1. The van der Waals surface area contributed by atoms with Crippen LogP contribution in [-0.2, 0) is 16.1 Å². The summed E-state index contributed by atoms with van der Waals surface area (Å²) in [6, 6.07) is 13.4. The second-order valence-electron chi connectivity index (χ2n) is 7.23. The maximum atomic E-state index is 13.1. The molecule has 0 saturated carbocycles. The molecule has 0 aliphatic carbocycles. The number of rotatable bonds is 5. The third-order valence-electron chi connectivity index (χ3n) is 5.23. The monoisotopic (exact) mass is 450 g/mol. The number of phenols is 1. The van der Waals surface area contributed by atoms with Crippen molar-refractivity contribution in [2.24, 2.45) is 0 Å². The molecule has 7 nitrogen and oxygen atoms in total. The first-order chi connectivity index (χ1) is 15.4. The Balaban J connectivity index is 1.88. The molecule has 2 heterocycles. The van der Waals surface area contributed by atoms with E-state index in [-0.39, 0.29) is 29.2 Å². The standard InChI is InChI=1S/C24H19ClN2O5/c1-32-19-11-16(7-8-18(19)25)22(29)20-21(15-5-2-6-17(28)10-15)27(24(31)23(20)30)13-14-4-3-9-26-12-14/h2-12,21,28-29H,13H2,1H3/b22-20-. The van der Waals surface area contributed by atoms with Crippen LogP contribution in [0.4, 0.5) is 0 Å². The van der Waals surface area contributed by atoms with Crippen LogP contribution >= 0.6 is 11.6 Å². The first-order valence-electron chi connectivity index (χ1n) is 9.71. The summed E-state index contributed by atoms with van der Waals surface area (Å²) < 4.78 is 5.21. The smallest absolute Gasteiger partial charge is 0.295 e. The third-order valence-corrected chi connectivity index (χ3v) is 5.54. The number of hydrogen-bond donors (Lipinski definition) is 2. The van der Waals surface area contributed by atoms with Gasteiger partial charge in [-0.05, 0) is 47.5 Å². The lowest BCUT2D eigenvalue weighted by atomic mass is 9.95. The summed E-state index contributed by atoms with van der Waals surface area (Å²) in [5, 5.41) is 21.5. The maximum absolute atomic E-state index is 13.1. The molecule has 8 heteroatoms. The molecule has 1 saturated heterocycles. The van der Waals surface area contributed by atoms with E-state index in [0.29, 0.717) is 21.9 Å². The Kier molecular flexibility index (Phi) is 5.83. The Labute approximate surface area is 189 Å². The molecule has 0 radical (unpaired) electrons. The average Bonchev–Trinajstić information content (AvgIpc) is 3.04. The predicted molar refractivity (Wildman–Crippen MR) is 118 cm³/mol. The van der Waals surface area contributed by atoms with Crippen LogP contribution < -0.4 is 4.74 Å². The summed E-state index contributed by atoms with van der Waals surface area (Å²) in [6.07, 6.45) is 3.21. The molecule has 2 aromatic carbocycles. The number of benzene rings is 2. The van der Waals surface area contributed by atoms with Gasteiger partial charge in [-0.2, -0.15) is 0 Å². The minimum Gasteiger partial charge on any atom is -0.508 e. The van der Waals surface area contributed by atoms with Crippen LogP contribution in [0.1, 0.15) is 22.7 Å². The summed E-state index contributed by atoms with van der Waals surface area (Å²) in [5.41, 5.74) is 1.38. The number of ether oxygens (including phenoxy) is 1. The number of Topliss-reactive ketones (excluding diaryl/α,β-unsaturated/α-hetero) is 1. The predicted octanol–water partition coefficient (Wildman–Crippen LogP) is 4.07. The van der Waals surface area contributed by atoms with Gasteiger partial charge in [0.05, 0.1) is 23.7 Å². The largest absolute Gasteiger partial charge is 0.508 e. The minimum atomic E-state index is -0.913. The van der Waals surface area contributed by atoms with Gasteiger partial charge in [-0.15, -0.1) is 0 Å². The normalized spacial score (nSPS) is 17.6. The van der Waals surface area contributed by atoms with Gasteiger partial charge in [-0.25, -0.2) is 0 Å². The zero-order chi connectivity index (χ0) is 22.8. The van der Waals surface area contributed by atoms with Crippen molar-refractivity contribution in [3.8, 4) is 11.5 Å². The average molecular weight is 451 g/mol. The van der Waals surface area contributed by atoms with E-state index in [2.05, 4.69) is 4.98 Å². The van der Waals surface area contributed by atoms with Crippen molar-refractivity contribution >= 4 is 29.1 Å². The van der Waals surface area contributed by atoms with Crippen LogP contribution in [0.5, 0.6) is 11.5 Å². The molecule has 1 aliphatic heterocycles. The van der Waals surface area contributed by atoms with Crippen molar-refractivity contribution in [2.45, 2.75) is 12.6 Å². The summed E-state index contributed by atoms with van der Waals surface area (Å²) in [6.45, 7) is 0.0967. The molecule has 1 amide bonds. The molecular formula is C24H19ClN2O5. The molecule has 1 aromatic heterocycles. The highest BCUT2D eigenvalue weighted by atomic mass is 35.5. The number of carbonyl (C=O) groups is 2. The van der Waals surface area contributed by atoms with Crippen molar-refractivity contribution in [3.05, 3.63) is 94.3 Å². The molecule has 0 bridgehead atoms. The van der Waals surface area contributed by atoms with Gasteiger partial charge in [-0.3, -0.25) is 14.6 Å². The Morgan fingerprint density at radius 2 is 1.97 bits per heavy atom. The SMILES string of the molecule is COc1cc(/C(O)=C2/C(=O)C(=O)N(Cc3cccnc3)C2c2cccc(O)c2)ccc1Cl. The molecule has 32 heavy (non-hydrogen) atoms. The summed E-state index contributed by atoms with van der Waals surface area (Å²) in [4.78, 5) is 31.5. The minimum absolute atomic E-state index is 0.0253. The van der Waals surface area contributed by atoms with Gasteiger partial charge in [0.25, 0.3) is 11.7 Å². The van der Waals surface area contributed by atoms with Gasteiger partial charge >= 0.3 is 0 Å². The van der Waals surface area contributed by atoms with Crippen molar-refractivity contribution in [1.82, 2.24) is 9.88 Å². The van der Waals surface area contributed by atoms with Crippen LogP contribution in [0.15, 0.2) is 72.6 Å². The van der Waals surface area contributed by atoms with Gasteiger partial charge in [0.1, 0.15) is 17.3 Å². The molecule has 162 valence electrons. The van der Waals surface area contributed by atoms with Gasteiger partial charge in [0.15, 0.2) is 0 Å². The van der Waals surface area contributed by atoms with Crippen LogP contribution in [0.2, 0.25) is 5.02 Å². The van der Waals surface area contributed by atoms with Crippen LogP contribution in [0.25, 0.3) is 5.76 Å². The quantitative estimate of drug-likeness (QED) is 0.345. The summed E-state index contributed by atoms with van der Waals surface area (Å²) in [7, 11) is 1.44. The summed E-state index contributed by atoms with van der Waals surface area (Å²) in [5.74, 6) is -1.66. The molecule has 4 rings (SSSR count). The lowest BCUT2D eigenvalue weighted by molar-refractivity contribution is -0.140. The van der Waals surface area contributed by atoms with E-state index in [0.717, 1.165) is 0 Å². The number of methoxy groups -OCH3 is 1. The van der Waals surface area contributed by atoms with Gasteiger partial charge < -0.3 is 19.8 Å². The van der Waals surface area contributed by atoms with E-state index in [1.165, 1.54) is 42.3 Å². The van der Waals surface area contributed by atoms with E-state index in [1.807, 2.05) is 0 Å². The van der Waals surface area contributed by atoms with Crippen LogP contribution in [-0.4, -0.2) is 38.9 Å². The lowest BCUT2D eigenvalue weighted by Crippen LogP contribution is -2.29. The number of aromatic nitrogens is 1. The highest BCUT2D eigenvalue weighted by molar-refractivity contribution is 6.46. The topological polar surface area (TPSA) is 100.0 Å². The van der Waals surface area contributed by atoms with Crippen molar-refractivity contribution in [2.75, 3.05) is 7.11 Å². The molecule has 1 unspecified atom stereocenters. The number of halogens is 1. The van der Waals surface area contributed by atoms with E-state index in [9.17, 15) is 19.8 Å². The van der Waals surface area contributed by atoms with Crippen molar-refractivity contribution in [1.29, 1.82) is 0 Å². The maximum Gasteiger partial charge on any atom is 0.295 e. The molecule has 1 aliphatic rings. The van der Waals surface area contributed by atoms with E-state index < -0.39 is 17.7 Å². The van der Waals surface area contributed by atoms with Crippen molar-refractivity contribution in [3.63, 3.8) is 0 Å². The Morgan fingerprint density at radius 1 is 1.16 bits per heavy atom. The number of carbonyl (C=O) groups excluding carboxylic acids is 2. The lowest BCUT2D eigenvalue weighted by Gasteiger charge is -2.25. The number of phenolic OH excluding ortho intramolecular Hbond substituents is 1. The zero-order valence-electron chi connectivity index (χ0n) is 17.0. The first kappa shape index (κ1) is 21.4. The number of amides is 1. The second-order valence-corrected chi connectivity index (χ2v) is 7.64. The summed E-state index contributed by atoms with van der Waals surface area (Å²) >= 11 is 6.08. The fourth-order valence-corrected chi connectivity index (χ4v) is 3.93. The van der Waals surface area contributed by atoms with E-state index in [4.69, 9.17) is 16.3 Å². The van der Waals surface area contributed by atoms with E-state index >= 15 is 0 Å². The van der Waals surface area contributed by atoms with Crippen LogP contribution in [0.3, 0.4) is 0 Å². The molecule has 0 spiro atoms. The fourth-order valence-electron chi connectivity index (χ4n) is 3.74. The fraction of sp³-hybridized carbons (Fsp3) is 0.125. The van der Waals surface area contributed by atoms with E-state index in [1.54, 1.807) is 36.7 Å². The van der Waals surface area contributed by atoms with Gasteiger partial charge in [-0.1, -0.05) is 29.8 Å². The van der Waals surface area contributed by atoms with Crippen LogP contribution in [0, 0.1) is 0 Å². The molecule has 2 N–H and O–H groups in total. The Morgan fingerprint density at radius 3 is 2.66 bits per heavy atom. The number of hydrogen-bond acceptors (Lipinski definition) is 6. The number of likely N-dealkylation sites (tertiary alicyclic amines) is 1. The molecule has 1 atom stereocenters.